The van der Waals surface area contributed by atoms with Crippen molar-refractivity contribution in [2.24, 2.45) is 0 Å². The van der Waals surface area contributed by atoms with E-state index in [1.54, 1.807) is 0 Å². The number of rotatable bonds is 0. The molecule has 0 aromatic heterocycles. The summed E-state index contributed by atoms with van der Waals surface area (Å²) in [6.45, 7) is 0. The van der Waals surface area contributed by atoms with E-state index in [1.807, 2.05) is 0 Å². The molecule has 0 aromatic rings. The fourth-order valence-electron chi connectivity index (χ4n) is 0. The second kappa shape index (κ2) is 4.85. The predicted octanol–water partition coefficient (Wildman–Crippen LogP) is 1.37. The molecule has 0 bridgehead atoms. The molecule has 0 spiro atoms. The Morgan fingerprint density at radius 2 is 1.25 bits per heavy atom. The molecule has 0 aliphatic carbocycles. The minimum absolute atomic E-state index is 0.199. The van der Waals surface area contributed by atoms with Gasteiger partial charge in [-0.15, -0.1) is 0 Å². The molecular formula is Cl2Os2. The summed E-state index contributed by atoms with van der Waals surface area (Å²) in [6, 6.07) is 0. The minimum atomic E-state index is -0.199. The van der Waals surface area contributed by atoms with Gasteiger partial charge < -0.3 is 0 Å². The molecule has 0 aromatic carbocycles. The molecule has 0 saturated carbocycles. The van der Waals surface area contributed by atoms with E-state index in [0.29, 0.717) is 0 Å². The van der Waals surface area contributed by atoms with Crippen molar-refractivity contribution in [3.05, 3.63) is 0 Å². The average molecular weight is 451 g/mol. The van der Waals surface area contributed by atoms with Crippen LogP contribution in [0.2, 0.25) is 0 Å². The summed E-state index contributed by atoms with van der Waals surface area (Å²) in [5.41, 5.74) is 0. The molecule has 0 aliphatic heterocycles. The van der Waals surface area contributed by atoms with Gasteiger partial charge in [0, 0.05) is 0 Å². The molecule has 0 aliphatic rings. The van der Waals surface area contributed by atoms with Gasteiger partial charge in [0.05, 0.1) is 0 Å². The second-order valence-electron chi connectivity index (χ2n) is 0.0945. The van der Waals surface area contributed by atoms with Crippen LogP contribution in [0.15, 0.2) is 0 Å². The van der Waals surface area contributed by atoms with E-state index in [9.17, 15) is 0 Å². The Labute approximate surface area is 44.8 Å². The van der Waals surface area contributed by atoms with E-state index in [4.69, 9.17) is 19.3 Å². The van der Waals surface area contributed by atoms with Gasteiger partial charge in [-0.1, -0.05) is 0 Å². The molecule has 0 heterocycles. The van der Waals surface area contributed by atoms with Crippen molar-refractivity contribution in [2.75, 3.05) is 0 Å². The molecular weight excluding hydrogens is 451 g/mol. The molecule has 4 heavy (non-hydrogen) atoms. The van der Waals surface area contributed by atoms with Gasteiger partial charge in [0.15, 0.2) is 0 Å². The molecule has 0 nitrogen and oxygen atoms in total. The third-order valence-corrected chi connectivity index (χ3v) is 10.8. The maximum absolute atomic E-state index is 5.25. The molecule has 0 amide bonds. The van der Waals surface area contributed by atoms with Crippen LogP contribution >= 0.6 is 19.3 Å². The Morgan fingerprint density at radius 1 is 1.00 bits per heavy atom. The summed E-state index contributed by atoms with van der Waals surface area (Å²) in [6.07, 6.45) is 0. The molecule has 0 N–H and O–H groups in total. The van der Waals surface area contributed by atoms with Crippen LogP contribution in [-0.2, 0) is 25.9 Å². The number of halogens is 2. The van der Waals surface area contributed by atoms with Gasteiger partial charge in [0.25, 0.3) is 0 Å². The van der Waals surface area contributed by atoms with Gasteiger partial charge in [0.1, 0.15) is 0 Å². The Morgan fingerprint density at radius 3 is 1.25 bits per heavy atom. The van der Waals surface area contributed by atoms with Gasteiger partial charge >= 0.3 is 45.2 Å². The Bertz CT molecular complexity index is 40.8. The van der Waals surface area contributed by atoms with Crippen molar-refractivity contribution in [3.8, 4) is 0 Å². The van der Waals surface area contributed by atoms with E-state index < -0.39 is 0 Å². The first-order chi connectivity index (χ1) is 1.91. The van der Waals surface area contributed by atoms with Crippen molar-refractivity contribution < 1.29 is 25.9 Å². The molecule has 0 rings (SSSR count). The Balaban J connectivity index is 2.83. The fraction of sp³-hybridized carbons (Fsp3) is 0. The summed E-state index contributed by atoms with van der Waals surface area (Å²) >= 11 is -0.398. The monoisotopic (exact) mass is 454 g/mol. The first-order valence-corrected chi connectivity index (χ1v) is 14.9. The van der Waals surface area contributed by atoms with Crippen LogP contribution in [0.3, 0.4) is 0 Å². The summed E-state index contributed by atoms with van der Waals surface area (Å²) in [7, 11) is 10.5. The number of hydrogen-bond donors (Lipinski definition) is 0. The summed E-state index contributed by atoms with van der Waals surface area (Å²) < 4.78 is 0. The zero-order chi connectivity index (χ0) is 3.41. The molecule has 4 heteroatoms. The van der Waals surface area contributed by atoms with E-state index in [-0.39, 0.29) is 25.9 Å². The van der Waals surface area contributed by atoms with Gasteiger partial charge in [-0.3, -0.25) is 0 Å². The molecule has 0 unspecified atom stereocenters. The second-order valence-corrected chi connectivity index (χ2v) is 19.0. The van der Waals surface area contributed by atoms with E-state index >= 15 is 0 Å². The Kier molecular flexibility index (Phi) is 7.10. The van der Waals surface area contributed by atoms with Gasteiger partial charge in [-0.2, -0.15) is 0 Å². The summed E-state index contributed by atoms with van der Waals surface area (Å²) in [5.74, 6) is 0. The molecule has 0 saturated heterocycles. The predicted molar refractivity (Wildman–Crippen MR) is 11.7 cm³/mol. The van der Waals surface area contributed by atoms with Crippen LogP contribution in [0.5, 0.6) is 0 Å². The van der Waals surface area contributed by atoms with Crippen molar-refractivity contribution in [2.45, 2.75) is 0 Å². The van der Waals surface area contributed by atoms with Crippen LogP contribution in [0.4, 0.5) is 0 Å². The maximum atomic E-state index is 5.25. The SMILES string of the molecule is [Cl][Os]#[Os][Cl]. The van der Waals surface area contributed by atoms with Crippen LogP contribution in [0.25, 0.3) is 0 Å². The quantitative estimate of drug-likeness (QED) is 0.522. The van der Waals surface area contributed by atoms with Crippen molar-refractivity contribution in [1.82, 2.24) is 0 Å². The van der Waals surface area contributed by atoms with Gasteiger partial charge in [0.2, 0.25) is 0 Å². The van der Waals surface area contributed by atoms with Gasteiger partial charge in [-0.05, 0) is 0 Å². The zero-order valence-electron chi connectivity index (χ0n) is 1.46. The third kappa shape index (κ3) is 3.85. The number of hydrogen-bond acceptors (Lipinski definition) is 0. The molecule has 0 fully saturated rings. The van der Waals surface area contributed by atoms with Crippen LogP contribution < -0.4 is 0 Å². The zero-order valence-corrected chi connectivity index (χ0v) is 8.06. The summed E-state index contributed by atoms with van der Waals surface area (Å²) in [5, 5.41) is 0. The van der Waals surface area contributed by atoms with Crippen molar-refractivity contribution >= 4 is 19.3 Å². The van der Waals surface area contributed by atoms with Crippen molar-refractivity contribution in [1.29, 1.82) is 0 Å². The van der Waals surface area contributed by atoms with Crippen molar-refractivity contribution in [3.63, 3.8) is 0 Å². The van der Waals surface area contributed by atoms with Crippen LogP contribution in [0.1, 0.15) is 0 Å². The van der Waals surface area contributed by atoms with E-state index in [0.717, 1.165) is 0 Å². The first kappa shape index (κ1) is 5.85. The fourth-order valence-corrected chi connectivity index (χ4v) is 0. The van der Waals surface area contributed by atoms with Crippen LogP contribution in [0, 0.1) is 0 Å². The first-order valence-electron chi connectivity index (χ1n) is 0.392. The third-order valence-electron chi connectivity index (χ3n) is 0.0179. The molecule has 0 atom stereocenters. The standard InChI is InChI=1S/2ClH.2Os/h2*1H;;/q;;2*+1/p-2. The Hall–Kier alpha value is 1.85. The van der Waals surface area contributed by atoms with E-state index in [1.165, 1.54) is 0 Å². The normalized spacial score (nSPS) is 7.50. The topological polar surface area (TPSA) is 0 Å². The van der Waals surface area contributed by atoms with Crippen LogP contribution in [-0.4, -0.2) is 0 Å². The van der Waals surface area contributed by atoms with Gasteiger partial charge in [-0.25, -0.2) is 0 Å². The summed E-state index contributed by atoms with van der Waals surface area (Å²) in [4.78, 5) is 0. The molecule has 0 radical (unpaired) electrons. The van der Waals surface area contributed by atoms with E-state index in [2.05, 4.69) is 0 Å². The molecule has 30 valence electrons. The average Bonchev–Trinajstić information content (AvgIpc) is 1.37.